The first kappa shape index (κ1) is 15.5. The topological polar surface area (TPSA) is 40.3 Å². The minimum Gasteiger partial charge on any atom is -0.379 e. The molecule has 2 fully saturated rings. The van der Waals surface area contributed by atoms with E-state index in [0.29, 0.717) is 5.54 Å². The Balaban J connectivity index is 1.43. The fourth-order valence-corrected chi connectivity index (χ4v) is 5.35. The first-order valence-electron chi connectivity index (χ1n) is 8.54. The molecule has 0 amide bonds. The molecule has 1 atom stereocenters. The van der Waals surface area contributed by atoms with Gasteiger partial charge in [-0.2, -0.15) is 11.8 Å². The number of hydrogen-bond donors (Lipinski definition) is 2. The van der Waals surface area contributed by atoms with Crippen molar-refractivity contribution in [1.82, 2.24) is 15.2 Å². The molecule has 3 heterocycles. The fraction of sp³-hybridized carbons (Fsp3) is 0.556. The van der Waals surface area contributed by atoms with E-state index in [0.717, 1.165) is 39.4 Å². The summed E-state index contributed by atoms with van der Waals surface area (Å²) in [5.41, 5.74) is 2.93. The van der Waals surface area contributed by atoms with Gasteiger partial charge in [0.25, 0.3) is 0 Å². The molecule has 2 aromatic rings. The van der Waals surface area contributed by atoms with Crippen molar-refractivity contribution in [3.05, 3.63) is 36.0 Å². The van der Waals surface area contributed by atoms with Gasteiger partial charge in [0.15, 0.2) is 0 Å². The Kier molecular flexibility index (Phi) is 4.62. The number of morpholine rings is 1. The van der Waals surface area contributed by atoms with Gasteiger partial charge in [-0.05, 0) is 29.9 Å². The lowest BCUT2D eigenvalue weighted by Gasteiger charge is -2.43. The van der Waals surface area contributed by atoms with E-state index in [1.807, 2.05) is 6.20 Å². The van der Waals surface area contributed by atoms with Gasteiger partial charge in [0.05, 0.1) is 13.2 Å². The molecular formula is C18H25N3OS. The zero-order valence-electron chi connectivity index (χ0n) is 13.5. The van der Waals surface area contributed by atoms with Crippen molar-refractivity contribution in [2.45, 2.75) is 18.5 Å². The molecule has 0 bridgehead atoms. The van der Waals surface area contributed by atoms with E-state index in [-0.39, 0.29) is 0 Å². The third-order valence-corrected chi connectivity index (χ3v) is 6.45. The monoisotopic (exact) mass is 331 g/mol. The molecule has 1 aromatic heterocycles. The van der Waals surface area contributed by atoms with Crippen molar-refractivity contribution < 1.29 is 4.74 Å². The first-order valence-corrected chi connectivity index (χ1v) is 9.69. The van der Waals surface area contributed by atoms with E-state index in [4.69, 9.17) is 4.74 Å². The van der Waals surface area contributed by atoms with E-state index in [2.05, 4.69) is 51.2 Å². The van der Waals surface area contributed by atoms with Gasteiger partial charge >= 0.3 is 0 Å². The molecule has 2 aliphatic rings. The number of aromatic amines is 1. The number of fused-ring (bicyclic) bond motifs is 1. The summed E-state index contributed by atoms with van der Waals surface area (Å²) < 4.78 is 5.55. The van der Waals surface area contributed by atoms with Crippen molar-refractivity contribution in [2.75, 3.05) is 44.4 Å². The van der Waals surface area contributed by atoms with Gasteiger partial charge in [-0.1, -0.05) is 12.1 Å². The zero-order valence-corrected chi connectivity index (χ0v) is 14.3. The van der Waals surface area contributed by atoms with Gasteiger partial charge < -0.3 is 15.0 Å². The summed E-state index contributed by atoms with van der Waals surface area (Å²) in [6, 6.07) is 8.68. The minimum absolute atomic E-state index is 0.320. The summed E-state index contributed by atoms with van der Waals surface area (Å²) in [7, 11) is 0. The molecule has 1 unspecified atom stereocenters. The highest BCUT2D eigenvalue weighted by atomic mass is 32.2. The van der Waals surface area contributed by atoms with Gasteiger partial charge in [0.1, 0.15) is 0 Å². The average Bonchev–Trinajstić information content (AvgIpc) is 3.26. The minimum atomic E-state index is 0.320. The van der Waals surface area contributed by atoms with Crippen LogP contribution in [0.5, 0.6) is 0 Å². The summed E-state index contributed by atoms with van der Waals surface area (Å²) in [6.07, 6.45) is 3.32. The van der Waals surface area contributed by atoms with Crippen LogP contribution in [0.15, 0.2) is 30.5 Å². The molecule has 2 aliphatic heterocycles. The van der Waals surface area contributed by atoms with Crippen molar-refractivity contribution in [1.29, 1.82) is 0 Å². The van der Waals surface area contributed by atoms with Crippen LogP contribution in [-0.2, 0) is 11.3 Å². The largest absolute Gasteiger partial charge is 0.379 e. The molecule has 0 aliphatic carbocycles. The molecule has 4 rings (SSSR count). The first-order chi connectivity index (χ1) is 11.4. The van der Waals surface area contributed by atoms with Gasteiger partial charge in [0.2, 0.25) is 0 Å². The standard InChI is InChI=1S/C18H25N3OS/c1-2-15(16-4-6-20-17(16)3-1)12-19-13-18(5-11-23-14-18)21-7-9-22-10-8-21/h1-4,6,19-20H,5,7-14H2. The lowest BCUT2D eigenvalue weighted by molar-refractivity contribution is -0.0134. The Morgan fingerprint density at radius 2 is 2.17 bits per heavy atom. The molecule has 2 saturated heterocycles. The average molecular weight is 331 g/mol. The highest BCUT2D eigenvalue weighted by Crippen LogP contribution is 2.33. The number of hydrogen-bond acceptors (Lipinski definition) is 4. The number of thioether (sulfide) groups is 1. The summed E-state index contributed by atoms with van der Waals surface area (Å²) in [5.74, 6) is 2.53. The molecule has 0 spiro atoms. The van der Waals surface area contributed by atoms with Gasteiger partial charge in [-0.15, -0.1) is 0 Å². The Hall–Kier alpha value is -1.01. The van der Waals surface area contributed by atoms with E-state index < -0.39 is 0 Å². The number of nitrogens with zero attached hydrogens (tertiary/aromatic N) is 1. The summed E-state index contributed by atoms with van der Waals surface area (Å²) in [5, 5.41) is 5.09. The van der Waals surface area contributed by atoms with E-state index in [9.17, 15) is 0 Å². The van der Waals surface area contributed by atoms with E-state index in [1.54, 1.807) is 0 Å². The van der Waals surface area contributed by atoms with Crippen molar-refractivity contribution in [2.24, 2.45) is 0 Å². The van der Waals surface area contributed by atoms with Crippen LogP contribution >= 0.6 is 11.8 Å². The second kappa shape index (κ2) is 6.85. The number of rotatable bonds is 5. The van der Waals surface area contributed by atoms with Crippen molar-refractivity contribution >= 4 is 22.7 Å². The maximum Gasteiger partial charge on any atom is 0.0594 e. The maximum atomic E-state index is 5.55. The zero-order chi connectivity index (χ0) is 15.5. The third-order valence-electron chi connectivity index (χ3n) is 5.22. The summed E-state index contributed by atoms with van der Waals surface area (Å²) in [6.45, 7) is 5.93. The Morgan fingerprint density at radius 1 is 1.26 bits per heavy atom. The molecule has 2 N–H and O–H groups in total. The SMILES string of the molecule is c1cc(CNCC2(N3CCOCC3)CCSC2)c2cc[nH]c2c1. The number of aromatic nitrogens is 1. The van der Waals surface area contributed by atoms with Crippen LogP contribution in [0, 0.1) is 0 Å². The molecular weight excluding hydrogens is 306 g/mol. The maximum absolute atomic E-state index is 5.55. The van der Waals surface area contributed by atoms with Crippen molar-refractivity contribution in [3.8, 4) is 0 Å². The van der Waals surface area contributed by atoms with Crippen LogP contribution in [0.1, 0.15) is 12.0 Å². The number of H-pyrrole nitrogens is 1. The number of ether oxygens (including phenoxy) is 1. The summed E-state index contributed by atoms with van der Waals surface area (Å²) >= 11 is 2.10. The van der Waals surface area contributed by atoms with E-state index in [1.165, 1.54) is 34.4 Å². The van der Waals surface area contributed by atoms with E-state index >= 15 is 0 Å². The molecule has 0 saturated carbocycles. The van der Waals surface area contributed by atoms with Crippen LogP contribution in [0.3, 0.4) is 0 Å². The highest BCUT2D eigenvalue weighted by molar-refractivity contribution is 7.99. The van der Waals surface area contributed by atoms with Crippen LogP contribution in [0.25, 0.3) is 10.9 Å². The smallest absolute Gasteiger partial charge is 0.0594 e. The number of nitrogens with one attached hydrogen (secondary N) is 2. The lowest BCUT2D eigenvalue weighted by Crippen LogP contribution is -2.58. The second-order valence-electron chi connectivity index (χ2n) is 6.59. The molecule has 23 heavy (non-hydrogen) atoms. The Labute approximate surface area is 142 Å². The quantitative estimate of drug-likeness (QED) is 0.883. The Morgan fingerprint density at radius 3 is 3.00 bits per heavy atom. The molecule has 0 radical (unpaired) electrons. The highest BCUT2D eigenvalue weighted by Gasteiger charge is 2.40. The number of benzene rings is 1. The normalized spacial score (nSPS) is 26.1. The predicted molar refractivity (Wildman–Crippen MR) is 97.1 cm³/mol. The molecule has 5 heteroatoms. The molecule has 4 nitrogen and oxygen atoms in total. The third kappa shape index (κ3) is 3.15. The fourth-order valence-electron chi connectivity index (χ4n) is 3.87. The van der Waals surface area contributed by atoms with Gasteiger partial charge in [0, 0.05) is 54.6 Å². The van der Waals surface area contributed by atoms with Gasteiger partial charge in [-0.3, -0.25) is 4.90 Å². The molecule has 124 valence electrons. The lowest BCUT2D eigenvalue weighted by atomic mass is 9.95. The summed E-state index contributed by atoms with van der Waals surface area (Å²) in [4.78, 5) is 5.96. The Bertz CT molecular complexity index is 645. The second-order valence-corrected chi connectivity index (χ2v) is 7.69. The van der Waals surface area contributed by atoms with Crippen molar-refractivity contribution in [3.63, 3.8) is 0 Å². The predicted octanol–water partition coefficient (Wildman–Crippen LogP) is 2.47. The van der Waals surface area contributed by atoms with Crippen LogP contribution < -0.4 is 5.32 Å². The van der Waals surface area contributed by atoms with Crippen LogP contribution in [0.2, 0.25) is 0 Å². The van der Waals surface area contributed by atoms with Gasteiger partial charge in [-0.25, -0.2) is 0 Å². The van der Waals surface area contributed by atoms with Crippen LogP contribution in [0.4, 0.5) is 0 Å². The van der Waals surface area contributed by atoms with Crippen LogP contribution in [-0.4, -0.2) is 59.8 Å². The molecule has 1 aromatic carbocycles.